The molecule has 1 heterocycles. The van der Waals surface area contributed by atoms with E-state index >= 15 is 0 Å². The Morgan fingerprint density at radius 1 is 1.20 bits per heavy atom. The van der Waals surface area contributed by atoms with E-state index in [0.29, 0.717) is 5.84 Å². The summed E-state index contributed by atoms with van der Waals surface area (Å²) in [7, 11) is 0. The van der Waals surface area contributed by atoms with Crippen molar-refractivity contribution in [1.29, 1.82) is 0 Å². The number of aryl methyl sites for hydroxylation is 1. The van der Waals surface area contributed by atoms with E-state index < -0.39 is 0 Å². The Bertz CT molecular complexity index is 416. The molecule has 0 saturated carbocycles. The number of rotatable bonds is 7. The Kier molecular flexibility index (Phi) is 6.06. The first-order valence-corrected chi connectivity index (χ1v) is 7.91. The van der Waals surface area contributed by atoms with Crippen LogP contribution in [0.4, 0.5) is 0 Å². The van der Waals surface area contributed by atoms with E-state index in [1.807, 2.05) is 0 Å². The Hall–Kier alpha value is -1.35. The second-order valence-corrected chi connectivity index (χ2v) is 5.62. The third-order valence-corrected chi connectivity index (χ3v) is 3.97. The van der Waals surface area contributed by atoms with Crippen molar-refractivity contribution in [3.63, 3.8) is 0 Å². The van der Waals surface area contributed by atoms with E-state index in [-0.39, 0.29) is 0 Å². The molecule has 0 unspecified atom stereocenters. The third-order valence-electron chi connectivity index (χ3n) is 3.97. The maximum absolute atomic E-state index is 6.06. The molecule has 1 aromatic rings. The van der Waals surface area contributed by atoms with Gasteiger partial charge in [0.1, 0.15) is 5.84 Å². The van der Waals surface area contributed by atoms with Gasteiger partial charge in [-0.05, 0) is 44.3 Å². The standard InChI is InChI=1S/C17H27N3/c1-2-3-6-15-7-9-16(10-8-15)17(18)19-11-14-20-12-4-5-13-20/h7-10H,2-6,11-14H2,1H3,(H2,18,19). The highest BCUT2D eigenvalue weighted by Crippen LogP contribution is 2.08. The molecule has 0 amide bonds. The van der Waals surface area contributed by atoms with Gasteiger partial charge in [0.25, 0.3) is 0 Å². The second-order valence-electron chi connectivity index (χ2n) is 5.62. The number of nitrogens with two attached hydrogens (primary N) is 1. The minimum atomic E-state index is 0.672. The van der Waals surface area contributed by atoms with Crippen molar-refractivity contribution >= 4 is 5.84 Å². The summed E-state index contributed by atoms with van der Waals surface area (Å²) in [5, 5.41) is 0. The Morgan fingerprint density at radius 3 is 2.55 bits per heavy atom. The normalized spacial score (nSPS) is 16.8. The van der Waals surface area contributed by atoms with Gasteiger partial charge in [0.2, 0.25) is 0 Å². The maximum Gasteiger partial charge on any atom is 0.125 e. The molecule has 20 heavy (non-hydrogen) atoms. The van der Waals surface area contributed by atoms with Gasteiger partial charge in [-0.15, -0.1) is 0 Å². The maximum atomic E-state index is 6.06. The molecule has 1 fully saturated rings. The molecule has 0 radical (unpaired) electrons. The van der Waals surface area contributed by atoms with E-state index in [2.05, 4.69) is 41.1 Å². The summed E-state index contributed by atoms with van der Waals surface area (Å²) in [6.45, 7) is 6.52. The molecule has 3 heteroatoms. The van der Waals surface area contributed by atoms with E-state index in [1.165, 1.54) is 44.3 Å². The van der Waals surface area contributed by atoms with Gasteiger partial charge in [-0.1, -0.05) is 37.6 Å². The highest BCUT2D eigenvalue weighted by Gasteiger charge is 2.10. The van der Waals surface area contributed by atoms with Crippen molar-refractivity contribution < 1.29 is 0 Å². The van der Waals surface area contributed by atoms with Crippen LogP contribution in [0.15, 0.2) is 29.3 Å². The van der Waals surface area contributed by atoms with Gasteiger partial charge in [0, 0.05) is 12.1 Å². The van der Waals surface area contributed by atoms with E-state index in [4.69, 9.17) is 5.73 Å². The van der Waals surface area contributed by atoms with Gasteiger partial charge < -0.3 is 10.6 Å². The van der Waals surface area contributed by atoms with Crippen LogP contribution in [-0.2, 0) is 6.42 Å². The lowest BCUT2D eigenvalue weighted by Gasteiger charge is -2.12. The van der Waals surface area contributed by atoms with E-state index in [1.54, 1.807) is 0 Å². The molecule has 2 rings (SSSR count). The van der Waals surface area contributed by atoms with Gasteiger partial charge in [0.15, 0.2) is 0 Å². The molecule has 1 aliphatic rings. The van der Waals surface area contributed by atoms with Crippen LogP contribution in [-0.4, -0.2) is 36.9 Å². The molecule has 0 aromatic heterocycles. The summed E-state index contributed by atoms with van der Waals surface area (Å²) >= 11 is 0. The number of benzene rings is 1. The zero-order valence-corrected chi connectivity index (χ0v) is 12.6. The summed E-state index contributed by atoms with van der Waals surface area (Å²) in [5.74, 6) is 0.672. The number of unbranched alkanes of at least 4 members (excludes halogenated alkanes) is 1. The fourth-order valence-corrected chi connectivity index (χ4v) is 2.63. The lowest BCUT2D eigenvalue weighted by Crippen LogP contribution is -2.24. The minimum Gasteiger partial charge on any atom is -0.384 e. The van der Waals surface area contributed by atoms with Crippen LogP contribution in [0, 0.1) is 0 Å². The van der Waals surface area contributed by atoms with Crippen molar-refractivity contribution in [3.05, 3.63) is 35.4 Å². The first-order chi connectivity index (χ1) is 9.79. The van der Waals surface area contributed by atoms with Gasteiger partial charge in [-0.25, -0.2) is 0 Å². The zero-order valence-electron chi connectivity index (χ0n) is 12.6. The molecule has 1 aromatic carbocycles. The predicted molar refractivity (Wildman–Crippen MR) is 86.3 cm³/mol. The summed E-state index contributed by atoms with van der Waals surface area (Å²) in [6, 6.07) is 8.54. The third kappa shape index (κ3) is 4.64. The Labute approximate surface area is 122 Å². The molecule has 0 atom stereocenters. The molecule has 110 valence electrons. The summed E-state index contributed by atoms with van der Waals surface area (Å²) in [4.78, 5) is 6.97. The summed E-state index contributed by atoms with van der Waals surface area (Å²) in [5.41, 5.74) is 8.50. The quantitative estimate of drug-likeness (QED) is 0.613. The van der Waals surface area contributed by atoms with Gasteiger partial charge >= 0.3 is 0 Å². The van der Waals surface area contributed by atoms with Crippen molar-refractivity contribution in [2.24, 2.45) is 10.7 Å². The fourth-order valence-electron chi connectivity index (χ4n) is 2.63. The number of hydrogen-bond donors (Lipinski definition) is 1. The molecule has 0 aliphatic carbocycles. The van der Waals surface area contributed by atoms with Crippen molar-refractivity contribution in [2.75, 3.05) is 26.2 Å². The van der Waals surface area contributed by atoms with Gasteiger partial charge in [-0.3, -0.25) is 4.99 Å². The number of aliphatic imine (C=N–C) groups is 1. The SMILES string of the molecule is CCCCc1ccc(C(N)=NCCN2CCCC2)cc1. The number of nitrogens with zero attached hydrogens (tertiary/aromatic N) is 2. The topological polar surface area (TPSA) is 41.6 Å². The second kappa shape index (κ2) is 8.05. The summed E-state index contributed by atoms with van der Waals surface area (Å²) < 4.78 is 0. The first-order valence-electron chi connectivity index (χ1n) is 7.91. The number of amidine groups is 1. The lowest BCUT2D eigenvalue weighted by molar-refractivity contribution is 0.349. The number of hydrogen-bond acceptors (Lipinski definition) is 2. The molecule has 2 N–H and O–H groups in total. The largest absolute Gasteiger partial charge is 0.384 e. The average Bonchev–Trinajstić information content (AvgIpc) is 2.99. The van der Waals surface area contributed by atoms with Crippen molar-refractivity contribution in [1.82, 2.24) is 4.90 Å². The average molecular weight is 273 g/mol. The van der Waals surface area contributed by atoms with Crippen LogP contribution in [0.25, 0.3) is 0 Å². The van der Waals surface area contributed by atoms with Crippen LogP contribution in [0.1, 0.15) is 43.7 Å². The molecular weight excluding hydrogens is 246 g/mol. The molecule has 3 nitrogen and oxygen atoms in total. The van der Waals surface area contributed by atoms with E-state index in [9.17, 15) is 0 Å². The van der Waals surface area contributed by atoms with Gasteiger partial charge in [0.05, 0.1) is 6.54 Å². The van der Waals surface area contributed by atoms with Gasteiger partial charge in [-0.2, -0.15) is 0 Å². The van der Waals surface area contributed by atoms with E-state index in [0.717, 1.165) is 25.1 Å². The van der Waals surface area contributed by atoms with Crippen LogP contribution >= 0.6 is 0 Å². The van der Waals surface area contributed by atoms with Crippen LogP contribution in [0.5, 0.6) is 0 Å². The highest BCUT2D eigenvalue weighted by atomic mass is 15.1. The predicted octanol–water partition coefficient (Wildman–Crippen LogP) is 2.83. The number of likely N-dealkylation sites (tertiary alicyclic amines) is 1. The molecular formula is C17H27N3. The van der Waals surface area contributed by atoms with Crippen LogP contribution < -0.4 is 5.73 Å². The molecule has 1 aliphatic heterocycles. The molecule has 0 spiro atoms. The van der Waals surface area contributed by atoms with Crippen LogP contribution in [0.3, 0.4) is 0 Å². The molecule has 0 bridgehead atoms. The fraction of sp³-hybridized carbons (Fsp3) is 0.588. The Balaban J connectivity index is 1.82. The zero-order chi connectivity index (χ0) is 14.2. The monoisotopic (exact) mass is 273 g/mol. The first kappa shape index (κ1) is 15.0. The smallest absolute Gasteiger partial charge is 0.125 e. The van der Waals surface area contributed by atoms with Crippen molar-refractivity contribution in [2.45, 2.75) is 39.0 Å². The highest BCUT2D eigenvalue weighted by molar-refractivity contribution is 5.97. The summed E-state index contributed by atoms with van der Waals surface area (Å²) in [6.07, 6.45) is 6.31. The minimum absolute atomic E-state index is 0.672. The van der Waals surface area contributed by atoms with Crippen LogP contribution in [0.2, 0.25) is 0 Å². The Morgan fingerprint density at radius 2 is 1.90 bits per heavy atom. The van der Waals surface area contributed by atoms with Crippen molar-refractivity contribution in [3.8, 4) is 0 Å². The molecule has 1 saturated heterocycles. The lowest BCUT2D eigenvalue weighted by atomic mass is 10.1.